The van der Waals surface area contributed by atoms with Crippen molar-refractivity contribution in [2.24, 2.45) is 0 Å². The van der Waals surface area contributed by atoms with E-state index in [0.29, 0.717) is 32.5 Å². The van der Waals surface area contributed by atoms with Crippen LogP contribution < -0.4 is 10.0 Å². The summed E-state index contributed by atoms with van der Waals surface area (Å²) in [5.41, 5.74) is 0.141. The minimum Gasteiger partial charge on any atom is -0.358 e. The average molecular weight is 407 g/mol. The van der Waals surface area contributed by atoms with Gasteiger partial charge in [0, 0.05) is 50.4 Å². The average Bonchev–Trinajstić information content (AvgIpc) is 2.59. The second kappa shape index (κ2) is 9.09. The highest BCUT2D eigenvalue weighted by Crippen LogP contribution is 2.21. The summed E-state index contributed by atoms with van der Waals surface area (Å²) in [6.07, 6.45) is 1.20. The van der Waals surface area contributed by atoms with Gasteiger partial charge < -0.3 is 5.32 Å². The third-order valence-electron chi connectivity index (χ3n) is 4.40. The van der Waals surface area contributed by atoms with E-state index in [0.717, 1.165) is 4.31 Å². The molecule has 1 aromatic carbocycles. The lowest BCUT2D eigenvalue weighted by Crippen LogP contribution is -2.49. The molecular weight excluding hydrogens is 383 g/mol. The second-order valence-electron chi connectivity index (χ2n) is 6.30. The number of hydrogen-bond donors (Lipinski definition) is 2. The zero-order valence-electron chi connectivity index (χ0n) is 14.8. The summed E-state index contributed by atoms with van der Waals surface area (Å²) in [6.45, 7) is 1.41. The van der Waals surface area contributed by atoms with Gasteiger partial charge in [-0.3, -0.25) is 9.69 Å². The molecular formula is C16H24ClFN4O3S. The number of nitrogens with zero attached hydrogens (tertiary/aromatic N) is 2. The van der Waals surface area contributed by atoms with Gasteiger partial charge in [-0.25, -0.2) is 4.39 Å². The van der Waals surface area contributed by atoms with Gasteiger partial charge in [0.25, 0.3) is 10.2 Å². The van der Waals surface area contributed by atoms with Crippen molar-refractivity contribution in [3.05, 3.63) is 34.6 Å². The number of piperidine rings is 1. The van der Waals surface area contributed by atoms with Crippen molar-refractivity contribution in [3.63, 3.8) is 0 Å². The lowest BCUT2D eigenvalue weighted by atomic mass is 10.1. The monoisotopic (exact) mass is 406 g/mol. The molecule has 146 valence electrons. The number of nitrogens with one attached hydrogen (secondary N) is 2. The molecule has 2 N–H and O–H groups in total. The van der Waals surface area contributed by atoms with E-state index in [1.54, 1.807) is 7.05 Å². The van der Waals surface area contributed by atoms with Crippen molar-refractivity contribution in [2.75, 3.05) is 33.7 Å². The molecule has 0 aromatic heterocycles. The van der Waals surface area contributed by atoms with Crippen LogP contribution >= 0.6 is 11.6 Å². The van der Waals surface area contributed by atoms with Crippen molar-refractivity contribution < 1.29 is 17.6 Å². The molecule has 1 aliphatic heterocycles. The van der Waals surface area contributed by atoms with Crippen molar-refractivity contribution in [1.82, 2.24) is 19.2 Å². The summed E-state index contributed by atoms with van der Waals surface area (Å²) in [7, 11) is -0.812. The van der Waals surface area contributed by atoms with Crippen molar-refractivity contribution in [3.8, 4) is 0 Å². The molecule has 0 spiro atoms. The molecule has 0 bridgehead atoms. The highest BCUT2D eigenvalue weighted by molar-refractivity contribution is 7.87. The Hall–Kier alpha value is -1.26. The van der Waals surface area contributed by atoms with Crippen LogP contribution in [0, 0.1) is 5.82 Å². The largest absolute Gasteiger partial charge is 0.358 e. The number of hydrogen-bond acceptors (Lipinski definition) is 4. The predicted molar refractivity (Wildman–Crippen MR) is 98.5 cm³/mol. The van der Waals surface area contributed by atoms with E-state index in [9.17, 15) is 17.6 Å². The Kier molecular flexibility index (Phi) is 7.36. The fourth-order valence-corrected chi connectivity index (χ4v) is 4.14. The molecule has 7 nitrogen and oxygen atoms in total. The van der Waals surface area contributed by atoms with Crippen LogP contribution in [0.3, 0.4) is 0 Å². The summed E-state index contributed by atoms with van der Waals surface area (Å²) in [4.78, 5) is 13.4. The minimum atomic E-state index is -3.78. The number of benzene rings is 1. The number of halogens is 2. The summed E-state index contributed by atoms with van der Waals surface area (Å²) in [5, 5.41) is 2.76. The molecule has 1 amide bonds. The lowest BCUT2D eigenvalue weighted by molar-refractivity contribution is -0.122. The van der Waals surface area contributed by atoms with E-state index < -0.39 is 16.0 Å². The zero-order chi connectivity index (χ0) is 19.3. The third-order valence-corrected chi connectivity index (χ3v) is 6.34. The first kappa shape index (κ1) is 21.0. The SMILES string of the molecule is CNC(=O)CN1CCC(NS(=O)(=O)N(C)Cc2c(F)cccc2Cl)CC1. The summed E-state index contributed by atoms with van der Waals surface area (Å²) in [6, 6.07) is 4.02. The molecule has 26 heavy (non-hydrogen) atoms. The molecule has 0 radical (unpaired) electrons. The number of likely N-dealkylation sites (N-methyl/N-ethyl adjacent to an activating group) is 1. The van der Waals surface area contributed by atoms with Crippen molar-refractivity contribution in [2.45, 2.75) is 25.4 Å². The van der Waals surface area contributed by atoms with E-state index in [1.165, 1.54) is 25.2 Å². The molecule has 0 aliphatic carbocycles. The summed E-state index contributed by atoms with van der Waals surface area (Å²) >= 11 is 5.96. The third kappa shape index (κ3) is 5.62. The molecule has 0 saturated carbocycles. The quantitative estimate of drug-likeness (QED) is 0.706. The first-order valence-electron chi connectivity index (χ1n) is 8.32. The molecule has 1 aromatic rings. The minimum absolute atomic E-state index is 0.0643. The van der Waals surface area contributed by atoms with Crippen LogP contribution in [0.5, 0.6) is 0 Å². The van der Waals surface area contributed by atoms with Crippen LogP contribution in [0.2, 0.25) is 5.02 Å². The number of carbonyl (C=O) groups excluding carboxylic acids is 1. The van der Waals surface area contributed by atoms with Gasteiger partial charge in [-0.1, -0.05) is 17.7 Å². The highest BCUT2D eigenvalue weighted by atomic mass is 35.5. The fourth-order valence-electron chi connectivity index (χ4n) is 2.78. The van der Waals surface area contributed by atoms with E-state index in [2.05, 4.69) is 10.0 Å². The molecule has 1 fully saturated rings. The standard InChI is InChI=1S/C16H24ClFN4O3S/c1-19-16(23)11-22-8-6-12(7-9-22)20-26(24,25)21(2)10-13-14(17)4-3-5-15(13)18/h3-5,12,20H,6-11H2,1-2H3,(H,19,23). The van der Waals surface area contributed by atoms with Gasteiger partial charge in [0.1, 0.15) is 5.82 Å². The molecule has 1 aliphatic rings. The fraction of sp³-hybridized carbons (Fsp3) is 0.562. The van der Waals surface area contributed by atoms with E-state index >= 15 is 0 Å². The van der Waals surface area contributed by atoms with Crippen LogP contribution in [0.25, 0.3) is 0 Å². The Labute approximate surface area is 158 Å². The maximum Gasteiger partial charge on any atom is 0.279 e. The zero-order valence-corrected chi connectivity index (χ0v) is 16.4. The van der Waals surface area contributed by atoms with Crippen LogP contribution in [0.15, 0.2) is 18.2 Å². The van der Waals surface area contributed by atoms with Gasteiger partial charge >= 0.3 is 0 Å². The summed E-state index contributed by atoms with van der Waals surface area (Å²) in [5.74, 6) is -0.604. The Morgan fingerprint density at radius 3 is 2.62 bits per heavy atom. The first-order chi connectivity index (χ1) is 12.2. The van der Waals surface area contributed by atoms with Crippen molar-refractivity contribution >= 4 is 27.7 Å². The Morgan fingerprint density at radius 2 is 2.04 bits per heavy atom. The maximum atomic E-state index is 13.9. The number of rotatable bonds is 7. The molecule has 0 atom stereocenters. The molecule has 10 heteroatoms. The van der Waals surface area contributed by atoms with Gasteiger partial charge in [0.05, 0.1) is 6.54 Å². The number of likely N-dealkylation sites (tertiary alicyclic amines) is 1. The van der Waals surface area contributed by atoms with Gasteiger partial charge in [-0.05, 0) is 25.0 Å². The van der Waals surface area contributed by atoms with Crippen LogP contribution in [-0.4, -0.2) is 63.3 Å². The number of amides is 1. The normalized spacial score (nSPS) is 16.8. The Morgan fingerprint density at radius 1 is 1.38 bits per heavy atom. The first-order valence-corrected chi connectivity index (χ1v) is 10.1. The summed E-state index contributed by atoms with van der Waals surface area (Å²) < 4.78 is 42.6. The van der Waals surface area contributed by atoms with E-state index in [-0.39, 0.29) is 29.1 Å². The van der Waals surface area contributed by atoms with Crippen LogP contribution in [-0.2, 0) is 21.5 Å². The Balaban J connectivity index is 1.91. The van der Waals surface area contributed by atoms with Gasteiger partial charge in [0.15, 0.2) is 0 Å². The molecule has 0 unspecified atom stereocenters. The van der Waals surface area contributed by atoms with Crippen LogP contribution in [0.1, 0.15) is 18.4 Å². The topological polar surface area (TPSA) is 81.8 Å². The molecule has 1 saturated heterocycles. The van der Waals surface area contributed by atoms with Gasteiger partial charge in [-0.2, -0.15) is 17.4 Å². The van der Waals surface area contributed by atoms with Crippen molar-refractivity contribution in [1.29, 1.82) is 0 Å². The molecule has 1 heterocycles. The van der Waals surface area contributed by atoms with E-state index in [1.807, 2.05) is 4.90 Å². The molecule has 2 rings (SSSR count). The predicted octanol–water partition coefficient (Wildman–Crippen LogP) is 0.956. The Bertz CT molecular complexity index is 719. The number of carbonyl (C=O) groups is 1. The van der Waals surface area contributed by atoms with E-state index in [4.69, 9.17) is 11.6 Å². The second-order valence-corrected chi connectivity index (χ2v) is 8.52. The maximum absolute atomic E-state index is 13.9. The highest BCUT2D eigenvalue weighted by Gasteiger charge is 2.27. The van der Waals surface area contributed by atoms with Crippen LogP contribution in [0.4, 0.5) is 4.39 Å². The smallest absolute Gasteiger partial charge is 0.279 e. The lowest BCUT2D eigenvalue weighted by Gasteiger charge is -2.32. The van der Waals surface area contributed by atoms with Gasteiger partial charge in [0.2, 0.25) is 5.91 Å². The van der Waals surface area contributed by atoms with Gasteiger partial charge in [-0.15, -0.1) is 0 Å².